The first-order chi connectivity index (χ1) is 18.8. The first kappa shape index (κ1) is 29.3. The molecule has 1 aromatic carbocycles. The number of carbonyl (C=O) groups excluding carboxylic acids is 2. The number of epoxide rings is 2. The number of rotatable bonds is 9. The van der Waals surface area contributed by atoms with E-state index in [-0.39, 0.29) is 29.6 Å². The molecule has 1 aliphatic carbocycles. The van der Waals surface area contributed by atoms with Crippen LogP contribution in [0, 0.1) is 16.0 Å². The zero-order valence-corrected chi connectivity index (χ0v) is 23.6. The molecule has 1 N–H and O–H groups in total. The summed E-state index contributed by atoms with van der Waals surface area (Å²) in [6.45, 7) is 9.75. The molecule has 1 saturated carbocycles. The van der Waals surface area contributed by atoms with E-state index in [4.69, 9.17) is 28.4 Å². The number of benzene rings is 1. The van der Waals surface area contributed by atoms with Crippen LogP contribution in [0.2, 0.25) is 0 Å². The van der Waals surface area contributed by atoms with Gasteiger partial charge in [-0.25, -0.2) is 9.59 Å². The molecule has 1 spiro atoms. The lowest BCUT2D eigenvalue weighted by atomic mass is 9.69. The quantitative estimate of drug-likeness (QED) is 0.146. The number of non-ortho nitro benzene ring substituents is 1. The molecule has 3 unspecified atom stereocenters. The van der Waals surface area contributed by atoms with Crippen LogP contribution in [-0.4, -0.2) is 66.4 Å². The van der Waals surface area contributed by atoms with Crippen molar-refractivity contribution in [1.29, 1.82) is 0 Å². The Labute approximate surface area is 232 Å². The molecule has 12 heteroatoms. The molecule has 3 aliphatic rings. The molecule has 2 aliphatic heterocycles. The van der Waals surface area contributed by atoms with Crippen LogP contribution >= 0.6 is 0 Å². The summed E-state index contributed by atoms with van der Waals surface area (Å²) in [5.74, 6) is 0.765. The van der Waals surface area contributed by atoms with Crippen LogP contribution in [0.15, 0.2) is 47.7 Å². The Bertz CT molecular complexity index is 1200. The minimum atomic E-state index is -1.02. The second-order valence-corrected chi connectivity index (χ2v) is 11.4. The molecule has 4 rings (SSSR count). The molecular formula is C28H36N2O10. The summed E-state index contributed by atoms with van der Waals surface area (Å²) in [5, 5.41) is 13.5. The highest BCUT2D eigenvalue weighted by atomic mass is 16.7. The highest BCUT2D eigenvalue weighted by molar-refractivity contribution is 5.69. The van der Waals surface area contributed by atoms with Crippen molar-refractivity contribution in [3.8, 4) is 5.75 Å². The van der Waals surface area contributed by atoms with Crippen molar-refractivity contribution < 1.29 is 42.9 Å². The second-order valence-electron chi connectivity index (χ2n) is 11.4. The number of amides is 1. The second kappa shape index (κ2) is 11.1. The van der Waals surface area contributed by atoms with Crippen molar-refractivity contribution in [3.05, 3.63) is 57.9 Å². The van der Waals surface area contributed by atoms with E-state index in [1.807, 2.05) is 32.9 Å². The zero-order chi connectivity index (χ0) is 29.3. The number of nitrogens with zero attached hydrogens (tertiary/aromatic N) is 1. The van der Waals surface area contributed by atoms with Crippen molar-refractivity contribution in [1.82, 2.24) is 5.32 Å². The number of hydrogen-bond acceptors (Lipinski definition) is 10. The van der Waals surface area contributed by atoms with Crippen LogP contribution < -0.4 is 10.1 Å². The largest absolute Gasteiger partial charge is 0.513 e. The summed E-state index contributed by atoms with van der Waals surface area (Å²) in [6, 6.07) is 4.99. The monoisotopic (exact) mass is 560 g/mol. The van der Waals surface area contributed by atoms with Gasteiger partial charge in [-0.15, -0.1) is 0 Å². The molecule has 0 aromatic heterocycles. The van der Waals surface area contributed by atoms with Crippen LogP contribution in [-0.2, 0) is 23.7 Å². The molecule has 3 fully saturated rings. The van der Waals surface area contributed by atoms with Crippen molar-refractivity contribution in [3.63, 3.8) is 0 Å². The summed E-state index contributed by atoms with van der Waals surface area (Å²) in [4.78, 5) is 35.2. The predicted molar refractivity (Wildman–Crippen MR) is 142 cm³/mol. The van der Waals surface area contributed by atoms with Gasteiger partial charge in [-0.05, 0) is 65.7 Å². The Morgan fingerprint density at radius 3 is 2.50 bits per heavy atom. The Hall–Kier alpha value is -3.64. The molecule has 5 atom stereocenters. The van der Waals surface area contributed by atoms with Gasteiger partial charge in [0.2, 0.25) is 0 Å². The predicted octanol–water partition coefficient (Wildman–Crippen LogP) is 4.82. The normalized spacial score (nSPS) is 29.6. The highest BCUT2D eigenvalue weighted by Crippen LogP contribution is 2.60. The van der Waals surface area contributed by atoms with Crippen molar-refractivity contribution >= 4 is 17.9 Å². The molecule has 2 heterocycles. The third kappa shape index (κ3) is 6.56. The summed E-state index contributed by atoms with van der Waals surface area (Å²) < 4.78 is 33.9. The van der Waals surface area contributed by atoms with Gasteiger partial charge in [0.15, 0.2) is 5.60 Å². The number of nitro benzene ring substituents is 1. The van der Waals surface area contributed by atoms with Crippen LogP contribution in [0.5, 0.6) is 5.75 Å². The topological polar surface area (TPSA) is 151 Å². The number of carbonyl (C=O) groups is 2. The fourth-order valence-electron chi connectivity index (χ4n) is 5.21. The first-order valence-electron chi connectivity index (χ1n) is 13.1. The average molecular weight is 561 g/mol. The summed E-state index contributed by atoms with van der Waals surface area (Å²) in [5.41, 5.74) is -0.931. The maximum Gasteiger partial charge on any atom is 0.513 e. The lowest BCUT2D eigenvalue weighted by molar-refractivity contribution is -0.384. The Kier molecular flexibility index (Phi) is 8.13. The maximum atomic E-state index is 12.9. The van der Waals surface area contributed by atoms with Gasteiger partial charge < -0.3 is 33.7 Å². The maximum absolute atomic E-state index is 12.9. The Morgan fingerprint density at radius 1 is 1.25 bits per heavy atom. The van der Waals surface area contributed by atoms with E-state index < -0.39 is 40.5 Å². The van der Waals surface area contributed by atoms with Crippen LogP contribution in [0.3, 0.4) is 0 Å². The van der Waals surface area contributed by atoms with E-state index in [1.54, 1.807) is 21.0 Å². The molecule has 1 aromatic rings. The lowest BCUT2D eigenvalue weighted by Crippen LogP contribution is -2.56. The SMILES string of the molecule is COC1C(OC(=O)NC(C)(C)COC(=O)Oc2ccc([N+](=O)[O-])cc2)CC[C@]2(CO2)C1[C@@]1(C)O/C1=C\C=C(C)C. The minimum absolute atomic E-state index is 0.0860. The van der Waals surface area contributed by atoms with E-state index in [1.165, 1.54) is 24.3 Å². The summed E-state index contributed by atoms with van der Waals surface area (Å²) in [7, 11) is 1.59. The fourth-order valence-corrected chi connectivity index (χ4v) is 5.21. The molecule has 12 nitrogen and oxygen atoms in total. The van der Waals surface area contributed by atoms with Crippen molar-refractivity contribution in [2.45, 2.75) is 76.4 Å². The van der Waals surface area contributed by atoms with Crippen LogP contribution in [0.25, 0.3) is 0 Å². The third-order valence-corrected chi connectivity index (χ3v) is 7.33. The number of hydrogen-bond donors (Lipinski definition) is 1. The van der Waals surface area contributed by atoms with Gasteiger partial charge in [0.25, 0.3) is 5.69 Å². The molecule has 218 valence electrons. The first-order valence-corrected chi connectivity index (χ1v) is 13.1. The van der Waals surface area contributed by atoms with Gasteiger partial charge in [0.05, 0.1) is 23.0 Å². The number of ether oxygens (including phenoxy) is 6. The summed E-state index contributed by atoms with van der Waals surface area (Å²) >= 11 is 0. The van der Waals surface area contributed by atoms with E-state index >= 15 is 0 Å². The number of methoxy groups -OCH3 is 1. The molecule has 1 amide bonds. The van der Waals surface area contributed by atoms with Gasteiger partial charge in [-0.3, -0.25) is 10.1 Å². The standard InChI is InChI=1S/C28H36N2O10/c1-17(2)7-12-21-27(5,40-21)23-22(35-6)20(13-14-28(23)16-37-28)39-24(31)29-26(3,4)15-36-25(32)38-19-10-8-18(9-11-19)30(33)34/h7-12,20,22-23H,13-16H2,1-6H3,(H,29,31)/b21-12-/t20?,22?,23?,27-,28-/m0/s1. The lowest BCUT2D eigenvalue weighted by Gasteiger charge is -2.41. The van der Waals surface area contributed by atoms with Gasteiger partial charge in [0, 0.05) is 19.2 Å². The molecule has 40 heavy (non-hydrogen) atoms. The van der Waals surface area contributed by atoms with E-state index in [2.05, 4.69) is 5.32 Å². The summed E-state index contributed by atoms with van der Waals surface area (Å²) in [6.07, 6.45) is 2.52. The number of nitro groups is 1. The van der Waals surface area contributed by atoms with Crippen LogP contribution in [0.1, 0.15) is 47.5 Å². The van der Waals surface area contributed by atoms with E-state index in [9.17, 15) is 19.7 Å². The van der Waals surface area contributed by atoms with Gasteiger partial charge >= 0.3 is 12.2 Å². The van der Waals surface area contributed by atoms with E-state index in [0.29, 0.717) is 19.4 Å². The van der Waals surface area contributed by atoms with Crippen LogP contribution in [0.4, 0.5) is 15.3 Å². The molecule has 2 saturated heterocycles. The minimum Gasteiger partial charge on any atom is -0.479 e. The highest BCUT2D eigenvalue weighted by Gasteiger charge is 2.71. The molecule has 0 bridgehead atoms. The van der Waals surface area contributed by atoms with E-state index in [0.717, 1.165) is 11.3 Å². The smallest absolute Gasteiger partial charge is 0.479 e. The third-order valence-electron chi connectivity index (χ3n) is 7.33. The van der Waals surface area contributed by atoms with Gasteiger partial charge in [-0.2, -0.15) is 0 Å². The van der Waals surface area contributed by atoms with Gasteiger partial charge in [-0.1, -0.05) is 11.6 Å². The average Bonchev–Trinajstić information content (AvgIpc) is 3.79. The molecule has 0 radical (unpaired) electrons. The van der Waals surface area contributed by atoms with Gasteiger partial charge in [0.1, 0.15) is 35.9 Å². The number of alkyl carbamates (subject to hydrolysis) is 1. The Morgan fingerprint density at radius 2 is 1.93 bits per heavy atom. The number of allylic oxidation sites excluding steroid dienone is 3. The Balaban J connectivity index is 1.32. The van der Waals surface area contributed by atoms with Crippen molar-refractivity contribution in [2.24, 2.45) is 5.92 Å². The molecular weight excluding hydrogens is 524 g/mol. The zero-order valence-electron chi connectivity index (χ0n) is 23.6. The van der Waals surface area contributed by atoms with Crippen molar-refractivity contribution in [2.75, 3.05) is 20.3 Å². The fraction of sp³-hybridized carbons (Fsp3) is 0.571. The number of nitrogens with one attached hydrogen (secondary N) is 1.